The third-order valence-corrected chi connectivity index (χ3v) is 7.12. The van der Waals surface area contributed by atoms with Crippen LogP contribution in [0, 0.1) is 17.3 Å². The lowest BCUT2D eigenvalue weighted by Crippen LogP contribution is -3.15. The molecule has 0 radical (unpaired) electrons. The lowest BCUT2D eigenvalue weighted by molar-refractivity contribution is -0.901. The Morgan fingerprint density at radius 1 is 1.12 bits per heavy atom. The number of carbonyl (C=O) groups is 2. The lowest BCUT2D eigenvalue weighted by Gasteiger charge is -2.41. The standard InChI is InChI=1S/C26H41N3O4/c1-26(2,3)18-24(30)29-12-10-20(17-25(31)32)21(19-29)9-11-27-13-15-28(16-14-27)22-7-5-6-8-23(22)33-4/h5-8,20-21H,9-19H2,1-4H3,(H,31,32)/t20-,21-/m0/s1. The molecule has 1 aromatic carbocycles. The van der Waals surface area contributed by atoms with Crippen molar-refractivity contribution in [3.63, 3.8) is 0 Å². The molecular formula is C26H41N3O4. The molecule has 1 aromatic rings. The van der Waals surface area contributed by atoms with E-state index in [0.717, 1.165) is 57.0 Å². The lowest BCUT2D eigenvalue weighted by atomic mass is 9.80. The quantitative estimate of drug-likeness (QED) is 0.623. The monoisotopic (exact) mass is 459 g/mol. The fourth-order valence-corrected chi connectivity index (χ4v) is 5.28. The molecule has 0 aromatic heterocycles. The van der Waals surface area contributed by atoms with Crippen molar-refractivity contribution < 1.29 is 24.3 Å². The van der Waals surface area contributed by atoms with Crippen molar-refractivity contribution in [2.24, 2.45) is 17.3 Å². The predicted molar refractivity (Wildman–Crippen MR) is 127 cm³/mol. The number of nitrogens with one attached hydrogen (secondary N) is 1. The van der Waals surface area contributed by atoms with Gasteiger partial charge in [0.05, 0.1) is 45.5 Å². The van der Waals surface area contributed by atoms with Gasteiger partial charge in [-0.15, -0.1) is 0 Å². The van der Waals surface area contributed by atoms with Gasteiger partial charge < -0.3 is 29.3 Å². The number of amides is 1. The zero-order valence-corrected chi connectivity index (χ0v) is 20.8. The molecule has 1 amide bonds. The largest absolute Gasteiger partial charge is 0.550 e. The van der Waals surface area contributed by atoms with Crippen LogP contribution in [0.25, 0.3) is 0 Å². The number of likely N-dealkylation sites (tertiary alicyclic amines) is 1. The smallest absolute Gasteiger partial charge is 0.223 e. The summed E-state index contributed by atoms with van der Waals surface area (Å²) in [5.74, 6) is 0.450. The molecule has 184 valence electrons. The number of nitrogens with zero attached hydrogens (tertiary/aromatic N) is 2. The third kappa shape index (κ3) is 7.36. The van der Waals surface area contributed by atoms with Crippen LogP contribution in [-0.2, 0) is 9.59 Å². The maximum Gasteiger partial charge on any atom is 0.223 e. The van der Waals surface area contributed by atoms with Crippen LogP contribution >= 0.6 is 0 Å². The summed E-state index contributed by atoms with van der Waals surface area (Å²) in [4.78, 5) is 30.0. The number of quaternary nitrogens is 1. The van der Waals surface area contributed by atoms with Crippen molar-refractivity contribution in [3.8, 4) is 5.75 Å². The Balaban J connectivity index is 1.54. The topological polar surface area (TPSA) is 77.3 Å². The van der Waals surface area contributed by atoms with Crippen LogP contribution < -0.4 is 19.6 Å². The molecule has 0 bridgehead atoms. The Bertz CT molecular complexity index is 799. The summed E-state index contributed by atoms with van der Waals surface area (Å²) < 4.78 is 5.52. The van der Waals surface area contributed by atoms with Crippen LogP contribution in [-0.4, -0.2) is 69.7 Å². The maximum absolute atomic E-state index is 12.8. The van der Waals surface area contributed by atoms with Crippen LogP contribution in [0.15, 0.2) is 24.3 Å². The van der Waals surface area contributed by atoms with Gasteiger partial charge in [-0.05, 0) is 42.2 Å². The summed E-state index contributed by atoms with van der Waals surface area (Å²) in [6.07, 6.45) is 2.33. The predicted octanol–water partition coefficient (Wildman–Crippen LogP) is 0.831. The normalized spacial score (nSPS) is 22.3. The van der Waals surface area contributed by atoms with Crippen LogP contribution in [0.4, 0.5) is 5.69 Å². The number of carbonyl (C=O) groups excluding carboxylic acids is 2. The fraction of sp³-hybridized carbons (Fsp3) is 0.692. The molecular weight excluding hydrogens is 418 g/mol. The van der Waals surface area contributed by atoms with Gasteiger partial charge in [0.2, 0.25) is 5.91 Å². The van der Waals surface area contributed by atoms with E-state index >= 15 is 0 Å². The Morgan fingerprint density at radius 3 is 2.45 bits per heavy atom. The number of methoxy groups -OCH3 is 1. The van der Waals surface area contributed by atoms with Crippen molar-refractivity contribution in [3.05, 3.63) is 24.3 Å². The van der Waals surface area contributed by atoms with E-state index in [0.29, 0.717) is 19.5 Å². The van der Waals surface area contributed by atoms with Crippen LogP contribution in [0.5, 0.6) is 5.75 Å². The summed E-state index contributed by atoms with van der Waals surface area (Å²) in [6, 6.07) is 8.15. The molecule has 0 unspecified atom stereocenters. The van der Waals surface area contributed by atoms with Gasteiger partial charge in [-0.2, -0.15) is 0 Å². The van der Waals surface area contributed by atoms with Gasteiger partial charge in [0.1, 0.15) is 5.75 Å². The molecule has 0 aliphatic carbocycles. The number of carboxylic acids is 1. The minimum absolute atomic E-state index is 0.0420. The number of rotatable bonds is 8. The SMILES string of the molecule is COc1ccccc1N1CC[NH+](CC[C@H]2CN(C(=O)CC(C)(C)C)CC[C@H]2CC(=O)[O-])CC1. The first-order valence-electron chi connectivity index (χ1n) is 12.4. The van der Waals surface area contributed by atoms with Gasteiger partial charge in [-0.1, -0.05) is 32.9 Å². The van der Waals surface area contributed by atoms with Gasteiger partial charge in [-0.3, -0.25) is 4.79 Å². The molecule has 2 fully saturated rings. The minimum atomic E-state index is -0.975. The van der Waals surface area contributed by atoms with E-state index in [1.54, 1.807) is 12.0 Å². The van der Waals surface area contributed by atoms with E-state index in [1.165, 1.54) is 0 Å². The summed E-state index contributed by atoms with van der Waals surface area (Å²) in [5, 5.41) is 11.3. The molecule has 7 nitrogen and oxygen atoms in total. The molecule has 2 saturated heterocycles. The number of benzene rings is 1. The maximum atomic E-state index is 12.8. The van der Waals surface area contributed by atoms with E-state index in [-0.39, 0.29) is 29.6 Å². The van der Waals surface area contributed by atoms with Crippen LogP contribution in [0.1, 0.15) is 46.5 Å². The van der Waals surface area contributed by atoms with E-state index in [4.69, 9.17) is 4.74 Å². The Hall–Kier alpha value is -2.28. The van der Waals surface area contributed by atoms with Crippen molar-refractivity contribution >= 4 is 17.6 Å². The van der Waals surface area contributed by atoms with E-state index in [9.17, 15) is 14.7 Å². The summed E-state index contributed by atoms with van der Waals surface area (Å²) in [6.45, 7) is 12.6. The first-order chi connectivity index (χ1) is 15.7. The average Bonchev–Trinajstić information content (AvgIpc) is 2.77. The van der Waals surface area contributed by atoms with Crippen molar-refractivity contribution in [1.29, 1.82) is 0 Å². The summed E-state index contributed by atoms with van der Waals surface area (Å²) >= 11 is 0. The van der Waals surface area contributed by atoms with Gasteiger partial charge in [0, 0.05) is 31.9 Å². The van der Waals surface area contributed by atoms with Crippen LogP contribution in [0.3, 0.4) is 0 Å². The zero-order valence-electron chi connectivity index (χ0n) is 20.8. The number of hydrogen-bond acceptors (Lipinski definition) is 5. The van der Waals surface area contributed by atoms with Crippen molar-refractivity contribution in [2.75, 3.05) is 57.8 Å². The second-order valence-electron chi connectivity index (χ2n) is 10.9. The zero-order chi connectivity index (χ0) is 24.0. The first kappa shape index (κ1) is 25.3. The third-order valence-electron chi connectivity index (χ3n) is 7.12. The van der Waals surface area contributed by atoms with Crippen molar-refractivity contribution in [2.45, 2.75) is 46.5 Å². The average molecular weight is 460 g/mol. The molecule has 1 N–H and O–H groups in total. The highest BCUT2D eigenvalue weighted by Gasteiger charge is 2.33. The number of piperidine rings is 1. The van der Waals surface area contributed by atoms with Crippen molar-refractivity contribution in [1.82, 2.24) is 4.90 Å². The van der Waals surface area contributed by atoms with E-state index < -0.39 is 5.97 Å². The van der Waals surface area contributed by atoms with Gasteiger partial charge in [0.15, 0.2) is 0 Å². The fourth-order valence-electron chi connectivity index (χ4n) is 5.28. The number of carboxylic acid groups (broad SMARTS) is 1. The van der Waals surface area contributed by atoms with Gasteiger partial charge >= 0.3 is 0 Å². The van der Waals surface area contributed by atoms with Gasteiger partial charge in [-0.25, -0.2) is 0 Å². The second kappa shape index (κ2) is 11.2. The number of piperazine rings is 1. The molecule has 7 heteroatoms. The number of anilines is 1. The second-order valence-corrected chi connectivity index (χ2v) is 10.9. The highest BCUT2D eigenvalue weighted by atomic mass is 16.5. The number of aliphatic carboxylic acids is 1. The van der Waals surface area contributed by atoms with Gasteiger partial charge in [0.25, 0.3) is 0 Å². The highest BCUT2D eigenvalue weighted by Crippen LogP contribution is 2.31. The number of hydrogen-bond donors (Lipinski definition) is 1. The number of para-hydroxylation sites is 2. The molecule has 2 aliphatic heterocycles. The molecule has 3 rings (SSSR count). The molecule has 33 heavy (non-hydrogen) atoms. The Kier molecular flexibility index (Phi) is 8.63. The molecule has 2 aliphatic rings. The Morgan fingerprint density at radius 2 is 1.82 bits per heavy atom. The molecule has 0 saturated carbocycles. The number of ether oxygens (including phenoxy) is 1. The first-order valence-corrected chi connectivity index (χ1v) is 12.4. The van der Waals surface area contributed by atoms with E-state index in [1.807, 2.05) is 23.1 Å². The van der Waals surface area contributed by atoms with E-state index in [2.05, 4.69) is 31.7 Å². The minimum Gasteiger partial charge on any atom is -0.550 e. The Labute approximate surface area is 198 Å². The highest BCUT2D eigenvalue weighted by molar-refractivity contribution is 5.77. The summed E-state index contributed by atoms with van der Waals surface area (Å²) in [7, 11) is 1.71. The molecule has 2 atom stereocenters. The molecule has 0 spiro atoms. The summed E-state index contributed by atoms with van der Waals surface area (Å²) in [5.41, 5.74) is 1.10. The molecule has 2 heterocycles. The van der Waals surface area contributed by atoms with Crippen LogP contribution in [0.2, 0.25) is 0 Å².